The van der Waals surface area contributed by atoms with E-state index in [1.54, 1.807) is 42.6 Å². The highest BCUT2D eigenvalue weighted by atomic mass is 16.5. The maximum absolute atomic E-state index is 9.24. The number of nitrogens with zero attached hydrogens (tertiary/aromatic N) is 1. The van der Waals surface area contributed by atoms with Crippen LogP contribution in [0.15, 0.2) is 42.6 Å². The number of ether oxygens (including phenoxy) is 1. The Balaban J connectivity index is 2.02. The molecule has 0 amide bonds. The summed E-state index contributed by atoms with van der Waals surface area (Å²) in [5.41, 5.74) is 7.03. The summed E-state index contributed by atoms with van der Waals surface area (Å²) < 4.78 is 5.45. The lowest BCUT2D eigenvalue weighted by atomic mass is 10.3. The van der Waals surface area contributed by atoms with Crippen molar-refractivity contribution in [3.63, 3.8) is 0 Å². The summed E-state index contributed by atoms with van der Waals surface area (Å²) in [5, 5.41) is 9.24. The summed E-state index contributed by atoms with van der Waals surface area (Å²) in [6.07, 6.45) is 1.64. The summed E-state index contributed by atoms with van der Waals surface area (Å²) in [7, 11) is 0. The van der Waals surface area contributed by atoms with Crippen molar-refractivity contribution in [2.45, 2.75) is 6.61 Å². The molecule has 4 nitrogen and oxygen atoms in total. The van der Waals surface area contributed by atoms with Gasteiger partial charge >= 0.3 is 0 Å². The minimum atomic E-state index is 0.179. The zero-order valence-electron chi connectivity index (χ0n) is 8.63. The second-order valence-electron chi connectivity index (χ2n) is 3.37. The molecule has 0 saturated carbocycles. The quantitative estimate of drug-likeness (QED) is 0.822. The topological polar surface area (TPSA) is 68.4 Å². The number of hydrogen-bond donors (Lipinski definition) is 2. The number of pyridine rings is 1. The molecule has 1 aromatic heterocycles. The van der Waals surface area contributed by atoms with Crippen molar-refractivity contribution in [3.8, 4) is 11.5 Å². The van der Waals surface area contributed by atoms with Crippen LogP contribution in [0.4, 0.5) is 5.69 Å². The first-order valence-corrected chi connectivity index (χ1v) is 4.86. The number of nitrogens with two attached hydrogens (primary N) is 1. The van der Waals surface area contributed by atoms with Crippen molar-refractivity contribution >= 4 is 5.69 Å². The van der Waals surface area contributed by atoms with Crippen LogP contribution in [0, 0.1) is 0 Å². The van der Waals surface area contributed by atoms with Gasteiger partial charge in [-0.25, -0.2) is 0 Å². The number of rotatable bonds is 3. The minimum absolute atomic E-state index is 0.179. The average Bonchev–Trinajstić information content (AvgIpc) is 2.27. The van der Waals surface area contributed by atoms with Gasteiger partial charge in [-0.3, -0.25) is 4.98 Å². The average molecular weight is 216 g/mol. The third kappa shape index (κ3) is 2.63. The summed E-state index contributed by atoms with van der Waals surface area (Å²) in [6, 6.07) is 10.1. The lowest BCUT2D eigenvalue weighted by Gasteiger charge is -2.06. The maximum Gasteiger partial charge on any atom is 0.130 e. The van der Waals surface area contributed by atoms with Crippen LogP contribution in [0.2, 0.25) is 0 Å². The van der Waals surface area contributed by atoms with E-state index in [2.05, 4.69) is 4.98 Å². The predicted molar refractivity (Wildman–Crippen MR) is 61.1 cm³/mol. The Kier molecular flexibility index (Phi) is 2.91. The van der Waals surface area contributed by atoms with E-state index in [1.165, 1.54) is 0 Å². The minimum Gasteiger partial charge on any atom is -0.508 e. The van der Waals surface area contributed by atoms with Gasteiger partial charge in [0, 0.05) is 18.0 Å². The van der Waals surface area contributed by atoms with Crippen LogP contribution >= 0.6 is 0 Å². The molecule has 0 radical (unpaired) electrons. The van der Waals surface area contributed by atoms with Gasteiger partial charge in [0.1, 0.15) is 18.1 Å². The molecule has 0 aliphatic rings. The number of phenols is 1. The first-order valence-electron chi connectivity index (χ1n) is 4.86. The molecule has 0 unspecified atom stereocenters. The summed E-state index contributed by atoms with van der Waals surface area (Å²) >= 11 is 0. The largest absolute Gasteiger partial charge is 0.508 e. The van der Waals surface area contributed by atoms with E-state index in [9.17, 15) is 5.11 Å². The molecular weight excluding hydrogens is 204 g/mol. The van der Waals surface area contributed by atoms with Crippen LogP contribution in [0.3, 0.4) is 0 Å². The zero-order chi connectivity index (χ0) is 11.4. The SMILES string of the molecule is Nc1ccnc(COc2cccc(O)c2)c1. The number of aromatic hydroxyl groups is 1. The highest BCUT2D eigenvalue weighted by molar-refractivity contribution is 5.37. The molecular formula is C12H12N2O2. The van der Waals surface area contributed by atoms with Gasteiger partial charge in [0.2, 0.25) is 0 Å². The van der Waals surface area contributed by atoms with Gasteiger partial charge in [-0.15, -0.1) is 0 Å². The highest BCUT2D eigenvalue weighted by Gasteiger charge is 1.98. The number of nitrogen functional groups attached to an aromatic ring is 1. The van der Waals surface area contributed by atoms with Gasteiger partial charge in [-0.05, 0) is 24.3 Å². The lowest BCUT2D eigenvalue weighted by Crippen LogP contribution is -1.99. The second kappa shape index (κ2) is 4.53. The molecule has 1 heterocycles. The van der Waals surface area contributed by atoms with E-state index < -0.39 is 0 Å². The highest BCUT2D eigenvalue weighted by Crippen LogP contribution is 2.18. The van der Waals surface area contributed by atoms with Gasteiger partial charge in [0.25, 0.3) is 0 Å². The molecule has 0 fully saturated rings. The Bertz CT molecular complexity index is 440. The Morgan fingerprint density at radius 1 is 1.25 bits per heavy atom. The van der Waals surface area contributed by atoms with Crippen molar-refractivity contribution in [2.75, 3.05) is 5.73 Å². The Morgan fingerprint density at radius 3 is 2.88 bits per heavy atom. The van der Waals surface area contributed by atoms with Gasteiger partial charge in [0.05, 0.1) is 5.69 Å². The van der Waals surface area contributed by atoms with Gasteiger partial charge in [-0.2, -0.15) is 0 Å². The van der Waals surface area contributed by atoms with Crippen LogP contribution in [0.25, 0.3) is 0 Å². The van der Waals surface area contributed by atoms with Gasteiger partial charge < -0.3 is 15.6 Å². The second-order valence-corrected chi connectivity index (χ2v) is 3.37. The summed E-state index contributed by atoms with van der Waals surface area (Å²) in [6.45, 7) is 0.328. The molecule has 0 aliphatic heterocycles. The molecule has 0 spiro atoms. The number of hydrogen-bond acceptors (Lipinski definition) is 4. The van der Waals surface area contributed by atoms with Crippen LogP contribution in [0.1, 0.15) is 5.69 Å². The van der Waals surface area contributed by atoms with Crippen molar-refractivity contribution in [3.05, 3.63) is 48.3 Å². The van der Waals surface area contributed by atoms with Crippen molar-refractivity contribution in [1.29, 1.82) is 0 Å². The molecule has 0 bridgehead atoms. The molecule has 0 saturated heterocycles. The van der Waals surface area contributed by atoms with Gasteiger partial charge in [0.15, 0.2) is 0 Å². The normalized spacial score (nSPS) is 10.0. The van der Waals surface area contributed by atoms with E-state index in [-0.39, 0.29) is 5.75 Å². The standard InChI is InChI=1S/C12H12N2O2/c13-9-4-5-14-10(6-9)8-16-12-3-1-2-11(15)7-12/h1-7,15H,8H2,(H2,13,14). The predicted octanol–water partition coefficient (Wildman–Crippen LogP) is 1.95. The fourth-order valence-corrected chi connectivity index (χ4v) is 1.31. The monoisotopic (exact) mass is 216 g/mol. The number of phenolic OH excluding ortho intramolecular Hbond substituents is 1. The molecule has 0 atom stereocenters. The van der Waals surface area contributed by atoms with Crippen molar-refractivity contribution in [1.82, 2.24) is 4.98 Å². The number of anilines is 1. The van der Waals surface area contributed by atoms with Crippen molar-refractivity contribution in [2.24, 2.45) is 0 Å². The Hall–Kier alpha value is -2.23. The third-order valence-electron chi connectivity index (χ3n) is 2.04. The summed E-state index contributed by atoms with van der Waals surface area (Å²) in [4.78, 5) is 4.11. The first-order chi connectivity index (χ1) is 7.74. The molecule has 4 heteroatoms. The maximum atomic E-state index is 9.24. The smallest absolute Gasteiger partial charge is 0.130 e. The van der Waals surface area contributed by atoms with Crippen molar-refractivity contribution < 1.29 is 9.84 Å². The molecule has 2 rings (SSSR count). The fourth-order valence-electron chi connectivity index (χ4n) is 1.31. The number of benzene rings is 1. The first kappa shape index (κ1) is 10.3. The van der Waals surface area contributed by atoms with Crippen LogP contribution in [0.5, 0.6) is 11.5 Å². The Labute approximate surface area is 93.3 Å². The van der Waals surface area contributed by atoms with E-state index in [1.807, 2.05) is 0 Å². The molecule has 3 N–H and O–H groups in total. The third-order valence-corrected chi connectivity index (χ3v) is 2.04. The summed E-state index contributed by atoms with van der Waals surface area (Å²) in [5.74, 6) is 0.780. The molecule has 16 heavy (non-hydrogen) atoms. The van der Waals surface area contributed by atoms with Gasteiger partial charge in [-0.1, -0.05) is 6.07 Å². The van der Waals surface area contributed by atoms with E-state index >= 15 is 0 Å². The van der Waals surface area contributed by atoms with Crippen LogP contribution < -0.4 is 10.5 Å². The molecule has 0 aliphatic carbocycles. The van der Waals surface area contributed by atoms with E-state index in [0.717, 1.165) is 5.69 Å². The van der Waals surface area contributed by atoms with E-state index in [4.69, 9.17) is 10.5 Å². The molecule has 2 aromatic rings. The fraction of sp³-hybridized carbons (Fsp3) is 0.0833. The van der Waals surface area contributed by atoms with Crippen LogP contribution in [-0.4, -0.2) is 10.1 Å². The number of aromatic nitrogens is 1. The molecule has 82 valence electrons. The van der Waals surface area contributed by atoms with E-state index in [0.29, 0.717) is 18.0 Å². The zero-order valence-corrected chi connectivity index (χ0v) is 8.63. The lowest BCUT2D eigenvalue weighted by molar-refractivity contribution is 0.299. The Morgan fingerprint density at radius 2 is 2.12 bits per heavy atom. The molecule has 1 aromatic carbocycles. The van der Waals surface area contributed by atoms with Crippen LogP contribution in [-0.2, 0) is 6.61 Å².